The van der Waals surface area contributed by atoms with E-state index in [2.05, 4.69) is 38.7 Å². The molecule has 1 saturated heterocycles. The first kappa shape index (κ1) is 24.8. The molecule has 3 heterocycles. The molecular formula is C27H36N6O2S. The van der Waals surface area contributed by atoms with Crippen LogP contribution in [0, 0.1) is 0 Å². The van der Waals surface area contributed by atoms with E-state index in [4.69, 9.17) is 5.73 Å². The SMILES string of the molecule is CCCN(CCN1CCN(c2ccc(-n3ccc(=O)c(O)c3)cc2)CC1)C1CCc2nc(N)sc2C1. The van der Waals surface area contributed by atoms with Crippen molar-refractivity contribution in [2.75, 3.05) is 56.4 Å². The average Bonchev–Trinajstić information content (AvgIpc) is 3.28. The predicted octanol–water partition coefficient (Wildman–Crippen LogP) is 2.97. The van der Waals surface area contributed by atoms with Crippen molar-refractivity contribution in [2.24, 2.45) is 0 Å². The highest BCUT2D eigenvalue weighted by Crippen LogP contribution is 2.30. The van der Waals surface area contributed by atoms with Crippen LogP contribution in [0.25, 0.3) is 5.69 Å². The van der Waals surface area contributed by atoms with E-state index in [1.165, 1.54) is 41.4 Å². The van der Waals surface area contributed by atoms with Gasteiger partial charge >= 0.3 is 0 Å². The number of nitrogens with two attached hydrogens (primary N) is 1. The zero-order valence-electron chi connectivity index (χ0n) is 21.0. The van der Waals surface area contributed by atoms with E-state index in [0.717, 1.165) is 64.3 Å². The Morgan fingerprint density at radius 1 is 1.11 bits per heavy atom. The summed E-state index contributed by atoms with van der Waals surface area (Å²) in [6.45, 7) is 9.80. The second-order valence-electron chi connectivity index (χ2n) is 9.80. The first-order valence-corrected chi connectivity index (χ1v) is 13.8. The zero-order valence-corrected chi connectivity index (χ0v) is 21.8. The van der Waals surface area contributed by atoms with Gasteiger partial charge in [0.05, 0.1) is 11.9 Å². The molecule has 192 valence electrons. The molecule has 0 bridgehead atoms. The van der Waals surface area contributed by atoms with E-state index in [-0.39, 0.29) is 11.2 Å². The molecule has 0 radical (unpaired) electrons. The molecule has 1 unspecified atom stereocenters. The monoisotopic (exact) mass is 508 g/mol. The maximum absolute atomic E-state index is 11.4. The molecule has 1 fully saturated rings. The van der Waals surface area contributed by atoms with E-state index in [1.54, 1.807) is 22.1 Å². The van der Waals surface area contributed by atoms with Crippen molar-refractivity contribution < 1.29 is 5.11 Å². The van der Waals surface area contributed by atoms with Crippen LogP contribution >= 0.6 is 11.3 Å². The Bertz CT molecular complexity index is 1220. The molecular weight excluding hydrogens is 472 g/mol. The minimum atomic E-state index is -0.364. The van der Waals surface area contributed by atoms with Gasteiger partial charge in [-0.25, -0.2) is 4.98 Å². The molecule has 3 aromatic rings. The number of nitrogens with zero attached hydrogens (tertiary/aromatic N) is 5. The molecule has 5 rings (SSSR count). The van der Waals surface area contributed by atoms with Gasteiger partial charge in [0.15, 0.2) is 10.9 Å². The number of piperazine rings is 1. The van der Waals surface area contributed by atoms with Gasteiger partial charge in [0.2, 0.25) is 5.43 Å². The molecule has 9 heteroatoms. The second kappa shape index (κ2) is 11.0. The number of anilines is 2. The number of aryl methyl sites for hydroxylation is 1. The number of aromatic hydroxyl groups is 1. The fraction of sp³-hybridized carbons (Fsp3) is 0.481. The minimum absolute atomic E-state index is 0.239. The Labute approximate surface area is 216 Å². The highest BCUT2D eigenvalue weighted by Gasteiger charge is 2.27. The Morgan fingerprint density at radius 3 is 2.58 bits per heavy atom. The number of aromatic nitrogens is 2. The van der Waals surface area contributed by atoms with Crippen LogP contribution in [0.3, 0.4) is 0 Å². The average molecular weight is 509 g/mol. The Hall–Kier alpha value is -2.88. The molecule has 1 aliphatic carbocycles. The van der Waals surface area contributed by atoms with Crippen LogP contribution in [-0.2, 0) is 12.8 Å². The van der Waals surface area contributed by atoms with Crippen LogP contribution < -0.4 is 16.1 Å². The van der Waals surface area contributed by atoms with Crippen molar-refractivity contribution in [1.82, 2.24) is 19.4 Å². The van der Waals surface area contributed by atoms with Crippen molar-refractivity contribution in [3.63, 3.8) is 0 Å². The fourth-order valence-electron chi connectivity index (χ4n) is 5.42. The predicted molar refractivity (Wildman–Crippen MR) is 147 cm³/mol. The van der Waals surface area contributed by atoms with E-state index in [1.807, 2.05) is 12.1 Å². The van der Waals surface area contributed by atoms with Gasteiger partial charge in [-0.1, -0.05) is 6.92 Å². The van der Waals surface area contributed by atoms with Crippen molar-refractivity contribution in [2.45, 2.75) is 38.6 Å². The number of rotatable bonds is 8. The van der Waals surface area contributed by atoms with Gasteiger partial charge < -0.3 is 20.3 Å². The summed E-state index contributed by atoms with van der Waals surface area (Å²) in [5.41, 5.74) is 8.94. The number of hydrogen-bond acceptors (Lipinski definition) is 8. The summed E-state index contributed by atoms with van der Waals surface area (Å²) < 4.78 is 1.76. The highest BCUT2D eigenvalue weighted by atomic mass is 32.1. The summed E-state index contributed by atoms with van der Waals surface area (Å²) in [5, 5.41) is 10.4. The molecule has 0 amide bonds. The lowest BCUT2D eigenvalue weighted by atomic mass is 9.96. The number of benzene rings is 1. The first-order chi connectivity index (χ1) is 17.5. The summed E-state index contributed by atoms with van der Waals surface area (Å²) in [7, 11) is 0. The van der Waals surface area contributed by atoms with Crippen molar-refractivity contribution in [1.29, 1.82) is 0 Å². The summed E-state index contributed by atoms with van der Waals surface area (Å²) in [6.07, 6.45) is 7.63. The minimum Gasteiger partial charge on any atom is -0.503 e. The van der Waals surface area contributed by atoms with Gasteiger partial charge in [0.1, 0.15) is 0 Å². The molecule has 0 saturated carbocycles. The lowest BCUT2D eigenvalue weighted by Gasteiger charge is -2.39. The lowest BCUT2D eigenvalue weighted by molar-refractivity contribution is 0.146. The van der Waals surface area contributed by atoms with E-state index >= 15 is 0 Å². The van der Waals surface area contributed by atoms with E-state index in [9.17, 15) is 9.90 Å². The fourth-order valence-corrected chi connectivity index (χ4v) is 6.37. The third-order valence-corrected chi connectivity index (χ3v) is 8.40. The van der Waals surface area contributed by atoms with Crippen LogP contribution in [0.2, 0.25) is 0 Å². The van der Waals surface area contributed by atoms with Gasteiger partial charge in [-0.15, -0.1) is 11.3 Å². The maximum Gasteiger partial charge on any atom is 0.223 e. The molecule has 2 aromatic heterocycles. The summed E-state index contributed by atoms with van der Waals surface area (Å²) in [4.78, 5) is 25.1. The zero-order chi connectivity index (χ0) is 25.1. The Kier molecular flexibility index (Phi) is 7.59. The topological polar surface area (TPSA) is 90.9 Å². The molecule has 36 heavy (non-hydrogen) atoms. The van der Waals surface area contributed by atoms with Crippen LogP contribution in [0.15, 0.2) is 47.5 Å². The largest absolute Gasteiger partial charge is 0.503 e. The lowest BCUT2D eigenvalue weighted by Crippen LogP contribution is -2.50. The number of fused-ring (bicyclic) bond motifs is 1. The number of nitrogen functional groups attached to an aromatic ring is 1. The Balaban J connectivity index is 1.12. The quantitative estimate of drug-likeness (QED) is 0.483. The first-order valence-electron chi connectivity index (χ1n) is 13.0. The van der Waals surface area contributed by atoms with Gasteiger partial charge in [-0.05, 0) is 56.5 Å². The highest BCUT2D eigenvalue weighted by molar-refractivity contribution is 7.15. The van der Waals surface area contributed by atoms with Crippen molar-refractivity contribution >= 4 is 22.2 Å². The number of pyridine rings is 1. The molecule has 1 aliphatic heterocycles. The van der Waals surface area contributed by atoms with Crippen LogP contribution in [0.5, 0.6) is 5.75 Å². The van der Waals surface area contributed by atoms with Crippen molar-refractivity contribution in [3.05, 3.63) is 63.5 Å². The summed E-state index contributed by atoms with van der Waals surface area (Å²) >= 11 is 1.67. The molecule has 3 N–H and O–H groups in total. The van der Waals surface area contributed by atoms with Crippen LogP contribution in [-0.4, -0.2) is 76.3 Å². The Morgan fingerprint density at radius 2 is 1.86 bits per heavy atom. The maximum atomic E-state index is 11.4. The summed E-state index contributed by atoms with van der Waals surface area (Å²) in [6, 6.07) is 10.3. The molecule has 8 nitrogen and oxygen atoms in total. The van der Waals surface area contributed by atoms with E-state index < -0.39 is 0 Å². The molecule has 0 spiro atoms. The molecule has 1 aromatic carbocycles. The van der Waals surface area contributed by atoms with Crippen molar-refractivity contribution in [3.8, 4) is 11.4 Å². The third kappa shape index (κ3) is 5.58. The second-order valence-corrected chi connectivity index (χ2v) is 10.9. The number of hydrogen-bond donors (Lipinski definition) is 2. The van der Waals surface area contributed by atoms with E-state index in [0.29, 0.717) is 11.2 Å². The van der Waals surface area contributed by atoms with Gasteiger partial charge in [-0.3, -0.25) is 14.6 Å². The van der Waals surface area contributed by atoms with Crippen LogP contribution in [0.1, 0.15) is 30.3 Å². The summed E-state index contributed by atoms with van der Waals surface area (Å²) in [5.74, 6) is -0.239. The molecule has 2 aliphatic rings. The van der Waals surface area contributed by atoms with Crippen LogP contribution in [0.4, 0.5) is 10.8 Å². The smallest absolute Gasteiger partial charge is 0.223 e. The van der Waals surface area contributed by atoms with Gasteiger partial charge in [0.25, 0.3) is 0 Å². The van der Waals surface area contributed by atoms with Gasteiger partial charge in [0, 0.05) is 73.8 Å². The third-order valence-electron chi connectivity index (χ3n) is 7.45. The van der Waals surface area contributed by atoms with Gasteiger partial charge in [-0.2, -0.15) is 0 Å². The number of thiazole rings is 1. The normalized spacial score (nSPS) is 18.5. The molecule has 1 atom stereocenters. The standard InChI is InChI=1S/C27H36N6O2S/c1-2-10-31(22-7-8-23-26(18-22)36-27(28)29-23)15-12-30-13-16-32(17-14-30)20-3-5-21(6-4-20)33-11-9-24(34)25(35)19-33/h3-6,9,11,19,22,35H,2,7-8,10,12-18H2,1H3,(H2,28,29).